The second kappa shape index (κ2) is 12.4. The predicted octanol–water partition coefficient (Wildman–Crippen LogP) is 2.30. The van der Waals surface area contributed by atoms with Crippen LogP contribution < -0.4 is 0 Å². The summed E-state index contributed by atoms with van der Waals surface area (Å²) < 4.78 is 33.2. The van der Waals surface area contributed by atoms with E-state index in [0.29, 0.717) is 24.1 Å². The zero-order chi connectivity index (χ0) is 20.2. The third kappa shape index (κ3) is 14.2. The minimum atomic E-state index is -4.30. The molecule has 152 valence electrons. The second-order valence-corrected chi connectivity index (χ2v) is 8.26. The van der Waals surface area contributed by atoms with Crippen LogP contribution in [0.3, 0.4) is 0 Å². The highest BCUT2D eigenvalue weighted by atomic mass is 31.2. The normalized spacial score (nSPS) is 15.6. The lowest BCUT2D eigenvalue weighted by Gasteiger charge is -2.25. The molecular weight excluding hydrogens is 361 g/mol. The van der Waals surface area contributed by atoms with Crippen LogP contribution in [0.25, 0.3) is 0 Å². The molecule has 9 heteroatoms. The third-order valence-electron chi connectivity index (χ3n) is 3.02. The number of likely N-dealkylation sites (N-methyl/N-ethyl adjacent to an activating group) is 1. The molecule has 0 amide bonds. The number of carbonyl (C=O) groups excluding carboxylic acids is 1. The number of esters is 1. The van der Waals surface area contributed by atoms with Crippen LogP contribution in [0.4, 0.5) is 0 Å². The molecule has 0 aromatic rings. The highest BCUT2D eigenvalue weighted by Crippen LogP contribution is 2.44. The smallest absolute Gasteiger partial charge is 0.459 e. The number of hydrogen-bond acceptors (Lipinski definition) is 6. The van der Waals surface area contributed by atoms with Crippen LogP contribution in [0, 0.1) is 0 Å². The Labute approximate surface area is 156 Å². The summed E-state index contributed by atoms with van der Waals surface area (Å²) in [5, 5.41) is 0. The number of carbonyl (C=O) groups is 1. The molecule has 0 spiro atoms. The van der Waals surface area contributed by atoms with Gasteiger partial charge in [-0.3, -0.25) is 9.05 Å². The average molecular weight is 394 g/mol. The van der Waals surface area contributed by atoms with Gasteiger partial charge in [-0.1, -0.05) is 18.7 Å². The number of quaternary nitrogens is 1. The molecule has 0 fully saturated rings. The van der Waals surface area contributed by atoms with Crippen molar-refractivity contribution >= 4 is 13.8 Å². The van der Waals surface area contributed by atoms with Crippen molar-refractivity contribution < 1.29 is 37.3 Å². The number of hydrogen-bond donors (Lipinski definition) is 1. The maximum atomic E-state index is 12.1. The van der Waals surface area contributed by atoms with Gasteiger partial charge in [0.05, 0.1) is 34.4 Å². The fraction of sp³-hybridized carbons (Fsp3) is 0.706. The maximum Gasteiger partial charge on any atom is 0.472 e. The molecule has 0 aromatic carbocycles. The summed E-state index contributed by atoms with van der Waals surface area (Å²) >= 11 is 0. The topological polar surface area (TPSA) is 91.3 Å². The number of ether oxygens (including phenoxy) is 2. The minimum absolute atomic E-state index is 0.00965. The lowest BCUT2D eigenvalue weighted by molar-refractivity contribution is -0.870. The minimum Gasteiger partial charge on any atom is -0.459 e. The Kier molecular flexibility index (Phi) is 11.9. The Balaban J connectivity index is 4.61. The van der Waals surface area contributed by atoms with Crippen molar-refractivity contribution in [3.8, 4) is 0 Å². The summed E-state index contributed by atoms with van der Waals surface area (Å²) in [6.07, 6.45) is 3.60. The van der Waals surface area contributed by atoms with Gasteiger partial charge in [0, 0.05) is 5.57 Å². The molecule has 0 bridgehead atoms. The number of rotatable bonds is 14. The van der Waals surface area contributed by atoms with Gasteiger partial charge in [-0.2, -0.15) is 0 Å². The second-order valence-electron chi connectivity index (χ2n) is 6.85. The molecule has 0 rings (SSSR count). The van der Waals surface area contributed by atoms with Crippen molar-refractivity contribution in [3.63, 3.8) is 0 Å². The van der Waals surface area contributed by atoms with Gasteiger partial charge in [0.15, 0.2) is 0 Å². The van der Waals surface area contributed by atoms with E-state index in [1.165, 1.54) is 6.92 Å². The molecule has 0 saturated heterocycles. The summed E-state index contributed by atoms with van der Waals surface area (Å²) in [7, 11) is 1.51. The van der Waals surface area contributed by atoms with Crippen LogP contribution in [0.2, 0.25) is 0 Å². The predicted molar refractivity (Wildman–Crippen MR) is 99.6 cm³/mol. The Bertz CT molecular complexity index is 514. The first kappa shape index (κ1) is 25.0. The molecule has 8 nitrogen and oxygen atoms in total. The molecule has 26 heavy (non-hydrogen) atoms. The standard InChI is InChI=1S/C17H32NO7P/c1-7-8-9-11-22-13-16(14-23-17(19)15(2)3)25-26(20,21)24-12-10-18(4,5)6/h7-8,16H,2,9-14H2,1,3-6H3/p+1. The van der Waals surface area contributed by atoms with Crippen molar-refractivity contribution in [3.05, 3.63) is 24.3 Å². The summed E-state index contributed by atoms with van der Waals surface area (Å²) in [4.78, 5) is 21.4. The van der Waals surface area contributed by atoms with E-state index in [2.05, 4.69) is 6.58 Å². The molecule has 0 aromatic heterocycles. The molecule has 0 radical (unpaired) electrons. The van der Waals surface area contributed by atoms with Crippen LogP contribution >= 0.6 is 7.82 Å². The monoisotopic (exact) mass is 394 g/mol. The Morgan fingerprint density at radius 2 is 1.92 bits per heavy atom. The summed E-state index contributed by atoms with van der Waals surface area (Å²) in [6.45, 7) is 7.64. The van der Waals surface area contributed by atoms with Gasteiger partial charge in [-0.15, -0.1) is 0 Å². The summed E-state index contributed by atoms with van der Waals surface area (Å²) in [6, 6.07) is 0. The van der Waals surface area contributed by atoms with Gasteiger partial charge in [0.25, 0.3) is 0 Å². The van der Waals surface area contributed by atoms with Crippen LogP contribution in [0.5, 0.6) is 0 Å². The summed E-state index contributed by atoms with van der Waals surface area (Å²) in [5.74, 6) is -0.605. The van der Waals surface area contributed by atoms with Crippen molar-refractivity contribution in [2.75, 3.05) is 54.1 Å². The van der Waals surface area contributed by atoms with Gasteiger partial charge >= 0.3 is 13.8 Å². The first-order valence-corrected chi connectivity index (χ1v) is 9.94. The third-order valence-corrected chi connectivity index (χ3v) is 4.09. The van der Waals surface area contributed by atoms with E-state index in [-0.39, 0.29) is 25.4 Å². The highest BCUT2D eigenvalue weighted by molar-refractivity contribution is 7.47. The van der Waals surface area contributed by atoms with Gasteiger partial charge in [-0.05, 0) is 20.3 Å². The van der Waals surface area contributed by atoms with Crippen molar-refractivity contribution in [2.24, 2.45) is 0 Å². The molecule has 0 aliphatic carbocycles. The van der Waals surface area contributed by atoms with Crippen LogP contribution in [-0.2, 0) is 27.9 Å². The number of phosphoric ester groups is 1. The van der Waals surface area contributed by atoms with Crippen molar-refractivity contribution in [2.45, 2.75) is 26.4 Å². The van der Waals surface area contributed by atoms with Crippen molar-refractivity contribution in [1.29, 1.82) is 0 Å². The molecule has 0 heterocycles. The van der Waals surface area contributed by atoms with Gasteiger partial charge in [0.1, 0.15) is 25.9 Å². The van der Waals surface area contributed by atoms with Crippen LogP contribution in [-0.4, -0.2) is 75.6 Å². The average Bonchev–Trinajstić information content (AvgIpc) is 2.49. The largest absolute Gasteiger partial charge is 0.472 e. The fourth-order valence-corrected chi connectivity index (χ4v) is 2.45. The first-order chi connectivity index (χ1) is 12.0. The van der Waals surface area contributed by atoms with Gasteiger partial charge in [0.2, 0.25) is 0 Å². The number of phosphoric acid groups is 1. The molecule has 0 aliphatic heterocycles. The van der Waals surface area contributed by atoms with E-state index in [9.17, 15) is 14.3 Å². The zero-order valence-corrected chi connectivity index (χ0v) is 17.4. The van der Waals surface area contributed by atoms with Gasteiger partial charge in [-0.25, -0.2) is 9.36 Å². The fourth-order valence-electron chi connectivity index (χ4n) is 1.58. The SMILES string of the molecule is C=C(C)C(=O)OCC(COCCC=CC)OP(=O)(O)OCC[N+](C)(C)C. The molecule has 1 N–H and O–H groups in total. The Hall–Kier alpha value is -1.02. The van der Waals surface area contributed by atoms with E-state index in [1.807, 2.05) is 40.2 Å². The van der Waals surface area contributed by atoms with Gasteiger partial charge < -0.3 is 18.9 Å². The molecule has 0 saturated carbocycles. The van der Waals surface area contributed by atoms with E-state index >= 15 is 0 Å². The Morgan fingerprint density at radius 3 is 2.46 bits per heavy atom. The molecule has 2 unspecified atom stereocenters. The van der Waals surface area contributed by atoms with E-state index < -0.39 is 19.9 Å². The number of nitrogens with zero attached hydrogens (tertiary/aromatic N) is 1. The lowest BCUT2D eigenvalue weighted by atomic mass is 10.3. The molecular formula is C17H33NO7P+. The number of allylic oxidation sites excluding steroid dienone is 1. The van der Waals surface area contributed by atoms with Crippen LogP contribution in [0.1, 0.15) is 20.3 Å². The van der Waals surface area contributed by atoms with E-state index in [0.717, 1.165) is 0 Å². The zero-order valence-electron chi connectivity index (χ0n) is 16.5. The van der Waals surface area contributed by atoms with Crippen LogP contribution in [0.15, 0.2) is 24.3 Å². The van der Waals surface area contributed by atoms with E-state index in [1.54, 1.807) is 0 Å². The Morgan fingerprint density at radius 1 is 1.27 bits per heavy atom. The quantitative estimate of drug-likeness (QED) is 0.121. The van der Waals surface area contributed by atoms with Crippen molar-refractivity contribution in [1.82, 2.24) is 0 Å². The molecule has 0 aliphatic rings. The highest BCUT2D eigenvalue weighted by Gasteiger charge is 2.28. The molecule has 2 atom stereocenters. The maximum absolute atomic E-state index is 12.1. The summed E-state index contributed by atoms with van der Waals surface area (Å²) in [5.41, 5.74) is 0.226. The van der Waals surface area contributed by atoms with E-state index in [4.69, 9.17) is 18.5 Å². The lowest BCUT2D eigenvalue weighted by Crippen LogP contribution is -2.37. The first-order valence-electron chi connectivity index (χ1n) is 8.44.